The summed E-state index contributed by atoms with van der Waals surface area (Å²) in [6.07, 6.45) is 1.40. The van der Waals surface area contributed by atoms with Gasteiger partial charge in [-0.1, -0.05) is 0 Å². The third-order valence-corrected chi connectivity index (χ3v) is 3.33. The highest BCUT2D eigenvalue weighted by molar-refractivity contribution is 5.89. The van der Waals surface area contributed by atoms with Gasteiger partial charge in [0.25, 0.3) is 5.56 Å². The van der Waals surface area contributed by atoms with Crippen LogP contribution in [0.2, 0.25) is 0 Å². The van der Waals surface area contributed by atoms with Crippen LogP contribution in [-0.4, -0.2) is 22.1 Å². The molecule has 1 aromatic heterocycles. The van der Waals surface area contributed by atoms with Crippen LogP contribution in [-0.2, 0) is 6.54 Å². The number of halogens is 2. The van der Waals surface area contributed by atoms with Crippen LogP contribution in [0, 0.1) is 25.5 Å². The van der Waals surface area contributed by atoms with Crippen molar-refractivity contribution in [3.8, 4) is 0 Å². The third-order valence-electron chi connectivity index (χ3n) is 3.33. The van der Waals surface area contributed by atoms with E-state index < -0.39 is 17.7 Å². The number of aromatic nitrogens is 2. The zero-order valence-corrected chi connectivity index (χ0v) is 12.7. The van der Waals surface area contributed by atoms with Gasteiger partial charge >= 0.3 is 6.03 Å². The summed E-state index contributed by atoms with van der Waals surface area (Å²) in [5.41, 5.74) is 0.751. The minimum absolute atomic E-state index is 0.132. The van der Waals surface area contributed by atoms with Crippen molar-refractivity contribution >= 4 is 11.7 Å². The van der Waals surface area contributed by atoms with Crippen LogP contribution < -0.4 is 16.2 Å². The zero-order chi connectivity index (χ0) is 17.0. The molecule has 0 radical (unpaired) electrons. The Morgan fingerprint density at radius 1 is 1.30 bits per heavy atom. The number of aryl methyl sites for hydroxylation is 1. The summed E-state index contributed by atoms with van der Waals surface area (Å²) in [5, 5.41) is 4.67. The van der Waals surface area contributed by atoms with Crippen molar-refractivity contribution in [2.75, 3.05) is 11.9 Å². The van der Waals surface area contributed by atoms with Crippen LogP contribution in [0.5, 0.6) is 0 Å². The molecule has 0 unspecified atom stereocenters. The number of nitrogens with zero attached hydrogens (tertiary/aromatic N) is 2. The molecule has 2 rings (SSSR count). The average molecular weight is 322 g/mol. The van der Waals surface area contributed by atoms with Gasteiger partial charge in [0.05, 0.1) is 12.0 Å². The molecule has 0 aliphatic carbocycles. The zero-order valence-electron chi connectivity index (χ0n) is 12.7. The number of anilines is 1. The van der Waals surface area contributed by atoms with Gasteiger partial charge in [0.1, 0.15) is 11.6 Å². The number of nitrogens with one attached hydrogen (secondary N) is 2. The predicted molar refractivity (Wildman–Crippen MR) is 81.4 cm³/mol. The molecule has 2 aromatic rings. The predicted octanol–water partition coefficient (Wildman–Crippen LogP) is 1.96. The van der Waals surface area contributed by atoms with Gasteiger partial charge in [-0.25, -0.2) is 18.6 Å². The molecular formula is C15H16F2N4O2. The van der Waals surface area contributed by atoms with Crippen molar-refractivity contribution in [2.24, 2.45) is 0 Å². The highest BCUT2D eigenvalue weighted by atomic mass is 19.1. The number of amides is 2. The van der Waals surface area contributed by atoms with Gasteiger partial charge < -0.3 is 10.6 Å². The highest BCUT2D eigenvalue weighted by Gasteiger charge is 2.08. The fourth-order valence-corrected chi connectivity index (χ4v) is 1.88. The molecule has 0 aliphatic rings. The molecule has 2 N–H and O–H groups in total. The highest BCUT2D eigenvalue weighted by Crippen LogP contribution is 2.14. The van der Waals surface area contributed by atoms with E-state index in [1.165, 1.54) is 10.9 Å². The van der Waals surface area contributed by atoms with E-state index >= 15 is 0 Å². The van der Waals surface area contributed by atoms with Crippen molar-refractivity contribution in [3.63, 3.8) is 0 Å². The van der Waals surface area contributed by atoms with Crippen LogP contribution in [0.15, 0.2) is 29.3 Å². The maximum absolute atomic E-state index is 13.4. The number of hydrogen-bond donors (Lipinski definition) is 2. The number of rotatable bonds is 4. The maximum Gasteiger partial charge on any atom is 0.319 e. The number of urea groups is 1. The van der Waals surface area contributed by atoms with Gasteiger partial charge in [0, 0.05) is 30.4 Å². The Morgan fingerprint density at radius 2 is 2.04 bits per heavy atom. The van der Waals surface area contributed by atoms with Crippen molar-refractivity contribution in [3.05, 3.63) is 57.8 Å². The van der Waals surface area contributed by atoms with Gasteiger partial charge in [-0.05, 0) is 26.0 Å². The number of benzene rings is 1. The first-order valence-electron chi connectivity index (χ1n) is 6.91. The third kappa shape index (κ3) is 4.12. The molecule has 0 saturated heterocycles. The summed E-state index contributed by atoms with van der Waals surface area (Å²) in [6.45, 7) is 3.76. The lowest BCUT2D eigenvalue weighted by Crippen LogP contribution is -2.34. The van der Waals surface area contributed by atoms with Crippen LogP contribution in [0.1, 0.15) is 11.3 Å². The summed E-state index contributed by atoms with van der Waals surface area (Å²) >= 11 is 0. The van der Waals surface area contributed by atoms with E-state index in [9.17, 15) is 18.4 Å². The minimum atomic E-state index is -0.740. The van der Waals surface area contributed by atoms with Gasteiger partial charge in [-0.3, -0.25) is 9.36 Å². The van der Waals surface area contributed by atoms with E-state index in [1.54, 1.807) is 13.8 Å². The lowest BCUT2D eigenvalue weighted by atomic mass is 10.3. The molecule has 0 bridgehead atoms. The molecule has 0 atom stereocenters. The first-order valence-corrected chi connectivity index (χ1v) is 6.91. The molecule has 122 valence electrons. The Kier molecular flexibility index (Phi) is 5.05. The lowest BCUT2D eigenvalue weighted by molar-refractivity contribution is 0.251. The van der Waals surface area contributed by atoms with E-state index in [1.807, 2.05) is 0 Å². The maximum atomic E-state index is 13.4. The first-order chi connectivity index (χ1) is 10.9. The monoisotopic (exact) mass is 322 g/mol. The van der Waals surface area contributed by atoms with Crippen molar-refractivity contribution in [1.82, 2.24) is 14.9 Å². The first kappa shape index (κ1) is 16.6. The van der Waals surface area contributed by atoms with Crippen LogP contribution in [0.4, 0.5) is 19.3 Å². The SMILES string of the molecule is Cc1ncn(CCNC(=O)Nc2cc(F)ccc2F)c(=O)c1C. The Balaban J connectivity index is 1.92. The van der Waals surface area contributed by atoms with Gasteiger partial charge in [0.2, 0.25) is 0 Å². The second kappa shape index (κ2) is 6.99. The number of hydrogen-bond acceptors (Lipinski definition) is 3. The van der Waals surface area contributed by atoms with E-state index in [0.29, 0.717) is 11.3 Å². The van der Waals surface area contributed by atoms with Crippen molar-refractivity contribution in [2.45, 2.75) is 20.4 Å². The average Bonchev–Trinajstić information content (AvgIpc) is 2.51. The van der Waals surface area contributed by atoms with Crippen molar-refractivity contribution in [1.29, 1.82) is 0 Å². The minimum Gasteiger partial charge on any atom is -0.336 e. The Labute approximate surface area is 131 Å². The van der Waals surface area contributed by atoms with Crippen LogP contribution in [0.25, 0.3) is 0 Å². The van der Waals surface area contributed by atoms with Crippen molar-refractivity contribution < 1.29 is 13.6 Å². The van der Waals surface area contributed by atoms with Gasteiger partial charge in [-0.2, -0.15) is 0 Å². The Hall–Kier alpha value is -2.77. The molecule has 23 heavy (non-hydrogen) atoms. The molecule has 1 aromatic carbocycles. The second-order valence-corrected chi connectivity index (χ2v) is 4.96. The molecule has 0 aliphatic heterocycles. The number of carbonyl (C=O) groups is 1. The summed E-state index contributed by atoms with van der Waals surface area (Å²) in [4.78, 5) is 27.7. The Bertz CT molecular complexity index is 790. The van der Waals surface area contributed by atoms with E-state index in [4.69, 9.17) is 0 Å². The normalized spacial score (nSPS) is 10.4. The Morgan fingerprint density at radius 3 is 2.78 bits per heavy atom. The smallest absolute Gasteiger partial charge is 0.319 e. The van der Waals surface area contributed by atoms with E-state index in [-0.39, 0.29) is 24.3 Å². The topological polar surface area (TPSA) is 76.0 Å². The molecule has 8 heteroatoms. The summed E-state index contributed by atoms with van der Waals surface area (Å²) < 4.78 is 27.8. The molecule has 6 nitrogen and oxygen atoms in total. The van der Waals surface area contributed by atoms with Crippen LogP contribution in [0.3, 0.4) is 0 Å². The summed E-state index contributed by atoms with van der Waals surface area (Å²) in [6, 6.07) is 2.06. The molecule has 0 saturated carbocycles. The molecule has 1 heterocycles. The number of carbonyl (C=O) groups excluding carboxylic acids is 1. The van der Waals surface area contributed by atoms with Gasteiger partial charge in [0.15, 0.2) is 0 Å². The van der Waals surface area contributed by atoms with E-state index in [2.05, 4.69) is 15.6 Å². The quantitative estimate of drug-likeness (QED) is 0.903. The van der Waals surface area contributed by atoms with Gasteiger partial charge in [-0.15, -0.1) is 0 Å². The van der Waals surface area contributed by atoms with Crippen LogP contribution >= 0.6 is 0 Å². The van der Waals surface area contributed by atoms with E-state index in [0.717, 1.165) is 18.2 Å². The molecule has 2 amide bonds. The second-order valence-electron chi connectivity index (χ2n) is 4.96. The largest absolute Gasteiger partial charge is 0.336 e. The fraction of sp³-hybridized carbons (Fsp3) is 0.267. The fourth-order valence-electron chi connectivity index (χ4n) is 1.88. The molecule has 0 fully saturated rings. The molecular weight excluding hydrogens is 306 g/mol. The standard InChI is InChI=1S/C15H16F2N4O2/c1-9-10(2)19-8-21(14(9)22)6-5-18-15(23)20-13-7-11(16)3-4-12(13)17/h3-4,7-8H,5-6H2,1-2H3,(H2,18,20,23). The summed E-state index contributed by atoms with van der Waals surface area (Å²) in [5.74, 6) is -1.40. The lowest BCUT2D eigenvalue weighted by Gasteiger charge is -2.10. The summed E-state index contributed by atoms with van der Waals surface area (Å²) in [7, 11) is 0. The molecule has 0 spiro atoms.